The second-order valence-corrected chi connectivity index (χ2v) is 7.60. The Labute approximate surface area is 132 Å². The molecule has 1 fully saturated rings. The van der Waals surface area contributed by atoms with Gasteiger partial charge in [-0.3, -0.25) is 4.79 Å². The van der Waals surface area contributed by atoms with E-state index >= 15 is 0 Å². The van der Waals surface area contributed by atoms with Crippen molar-refractivity contribution in [3.8, 4) is 0 Å². The highest BCUT2D eigenvalue weighted by molar-refractivity contribution is 7.91. The summed E-state index contributed by atoms with van der Waals surface area (Å²) in [5, 5.41) is 2.16. The molecule has 1 N–H and O–H groups in total. The summed E-state index contributed by atoms with van der Waals surface area (Å²) in [6.45, 7) is 0. The third-order valence-corrected chi connectivity index (χ3v) is 5.19. The normalized spacial score (nSPS) is 20.8. The maximum Gasteiger partial charge on any atom is 0.416 e. The van der Waals surface area contributed by atoms with E-state index in [-0.39, 0.29) is 18.2 Å². The van der Waals surface area contributed by atoms with Crippen molar-refractivity contribution in [2.45, 2.75) is 24.8 Å². The summed E-state index contributed by atoms with van der Waals surface area (Å²) >= 11 is 0. The smallest absolute Gasteiger partial charge is 0.348 e. The standard InChI is InChI=1S/C13H11F6NO3S/c14-12(15,16)8-3-7(4-9(5-8)13(17,18)19)11(21)20-10-1-2-24(22,23)6-10/h3-5,10H,1-2,6H2,(H,20,21). The van der Waals surface area contributed by atoms with Gasteiger partial charge in [0.05, 0.1) is 22.6 Å². The molecule has 24 heavy (non-hydrogen) atoms. The molecule has 1 atom stereocenters. The zero-order valence-electron chi connectivity index (χ0n) is 11.8. The number of sulfone groups is 1. The number of rotatable bonds is 2. The first kappa shape index (κ1) is 18.6. The van der Waals surface area contributed by atoms with Crippen LogP contribution in [0.4, 0.5) is 26.3 Å². The predicted octanol–water partition coefficient (Wildman–Crippen LogP) is 2.64. The third kappa shape index (κ3) is 4.40. The largest absolute Gasteiger partial charge is 0.416 e. The van der Waals surface area contributed by atoms with Gasteiger partial charge in [0.2, 0.25) is 0 Å². The van der Waals surface area contributed by atoms with Gasteiger partial charge in [-0.2, -0.15) is 26.3 Å². The molecule has 4 nitrogen and oxygen atoms in total. The van der Waals surface area contributed by atoms with Crippen molar-refractivity contribution in [3.63, 3.8) is 0 Å². The average molecular weight is 375 g/mol. The summed E-state index contributed by atoms with van der Waals surface area (Å²) in [5.74, 6) is -1.79. The van der Waals surface area contributed by atoms with Gasteiger partial charge in [0.1, 0.15) is 0 Å². The second-order valence-electron chi connectivity index (χ2n) is 5.37. The first-order valence-electron chi connectivity index (χ1n) is 6.59. The van der Waals surface area contributed by atoms with E-state index in [1.54, 1.807) is 0 Å². The van der Waals surface area contributed by atoms with Gasteiger partial charge in [-0.25, -0.2) is 8.42 Å². The zero-order valence-corrected chi connectivity index (χ0v) is 12.6. The molecule has 2 rings (SSSR count). The lowest BCUT2D eigenvalue weighted by molar-refractivity contribution is -0.143. The number of amides is 1. The fourth-order valence-electron chi connectivity index (χ4n) is 2.26. The number of halogens is 6. The Morgan fingerprint density at radius 1 is 1.00 bits per heavy atom. The summed E-state index contributed by atoms with van der Waals surface area (Å²) in [5.41, 5.74) is -4.05. The van der Waals surface area contributed by atoms with Crippen LogP contribution in [0, 0.1) is 0 Å². The van der Waals surface area contributed by atoms with Gasteiger partial charge in [0, 0.05) is 11.6 Å². The number of benzene rings is 1. The van der Waals surface area contributed by atoms with Gasteiger partial charge in [-0.15, -0.1) is 0 Å². The monoisotopic (exact) mass is 375 g/mol. The van der Waals surface area contributed by atoms with Crippen molar-refractivity contribution in [1.82, 2.24) is 5.32 Å². The van der Waals surface area contributed by atoms with Crippen LogP contribution in [-0.4, -0.2) is 31.9 Å². The van der Waals surface area contributed by atoms with Gasteiger partial charge in [0.15, 0.2) is 9.84 Å². The van der Waals surface area contributed by atoms with E-state index in [1.165, 1.54) is 0 Å². The van der Waals surface area contributed by atoms with Crippen LogP contribution in [-0.2, 0) is 22.2 Å². The third-order valence-electron chi connectivity index (χ3n) is 3.42. The lowest BCUT2D eigenvalue weighted by Gasteiger charge is -2.15. The number of carbonyl (C=O) groups excluding carboxylic acids is 1. The molecule has 1 heterocycles. The van der Waals surface area contributed by atoms with Gasteiger partial charge < -0.3 is 5.32 Å². The van der Waals surface area contributed by atoms with Gasteiger partial charge in [0.25, 0.3) is 5.91 Å². The molecule has 0 aromatic heterocycles. The van der Waals surface area contributed by atoms with Crippen molar-refractivity contribution in [3.05, 3.63) is 34.9 Å². The Hall–Kier alpha value is -1.78. The Balaban J connectivity index is 2.33. The van der Waals surface area contributed by atoms with E-state index in [2.05, 4.69) is 5.32 Å². The first-order valence-corrected chi connectivity index (χ1v) is 8.41. The van der Waals surface area contributed by atoms with Crippen LogP contribution in [0.15, 0.2) is 18.2 Å². The summed E-state index contributed by atoms with van der Waals surface area (Å²) in [6.07, 6.45) is -10.1. The molecule has 1 amide bonds. The molecule has 1 aromatic rings. The molecule has 1 aliphatic heterocycles. The number of hydrogen-bond acceptors (Lipinski definition) is 3. The zero-order chi connectivity index (χ0) is 18.3. The minimum atomic E-state index is -5.06. The Bertz CT molecular complexity index is 722. The number of carbonyl (C=O) groups is 1. The molecular weight excluding hydrogens is 364 g/mol. The fourth-order valence-corrected chi connectivity index (χ4v) is 3.94. The Kier molecular flexibility index (Phi) is 4.59. The maximum absolute atomic E-state index is 12.7. The summed E-state index contributed by atoms with van der Waals surface area (Å²) < 4.78 is 98.9. The quantitative estimate of drug-likeness (QED) is 0.809. The molecule has 0 radical (unpaired) electrons. The molecule has 11 heteroatoms. The van der Waals surface area contributed by atoms with Crippen molar-refractivity contribution < 1.29 is 39.6 Å². The topological polar surface area (TPSA) is 63.2 Å². The fraction of sp³-hybridized carbons (Fsp3) is 0.462. The first-order chi connectivity index (χ1) is 10.8. The van der Waals surface area contributed by atoms with Crippen LogP contribution in [0.5, 0.6) is 0 Å². The van der Waals surface area contributed by atoms with E-state index in [1.807, 2.05) is 0 Å². The molecule has 0 spiro atoms. The number of hydrogen-bond donors (Lipinski definition) is 1. The summed E-state index contributed by atoms with van der Waals surface area (Å²) in [6, 6.07) is -0.329. The molecule has 0 aliphatic carbocycles. The average Bonchev–Trinajstić information content (AvgIpc) is 2.75. The molecule has 1 aliphatic rings. The van der Waals surface area contributed by atoms with Crippen LogP contribution in [0.3, 0.4) is 0 Å². The molecular formula is C13H11F6NO3S. The second kappa shape index (κ2) is 5.94. The minimum absolute atomic E-state index is 0.0547. The number of alkyl halides is 6. The van der Waals surface area contributed by atoms with Crippen molar-refractivity contribution in [2.75, 3.05) is 11.5 Å². The van der Waals surface area contributed by atoms with Gasteiger partial charge >= 0.3 is 12.4 Å². The summed E-state index contributed by atoms with van der Waals surface area (Å²) in [4.78, 5) is 11.9. The van der Waals surface area contributed by atoms with Crippen LogP contribution in [0.1, 0.15) is 27.9 Å². The van der Waals surface area contributed by atoms with E-state index in [0.717, 1.165) is 0 Å². The van der Waals surface area contributed by atoms with Crippen LogP contribution < -0.4 is 5.32 Å². The van der Waals surface area contributed by atoms with E-state index in [4.69, 9.17) is 0 Å². The summed E-state index contributed by atoms with van der Waals surface area (Å²) in [7, 11) is -3.36. The minimum Gasteiger partial charge on any atom is -0.348 e. The maximum atomic E-state index is 12.7. The van der Waals surface area contributed by atoms with Crippen LogP contribution in [0.25, 0.3) is 0 Å². The van der Waals surface area contributed by atoms with Gasteiger partial charge in [-0.1, -0.05) is 0 Å². The van der Waals surface area contributed by atoms with Gasteiger partial charge in [-0.05, 0) is 24.6 Å². The number of nitrogens with one attached hydrogen (secondary N) is 1. The highest BCUT2D eigenvalue weighted by Crippen LogP contribution is 2.36. The SMILES string of the molecule is O=C(NC1CCS(=O)(=O)C1)c1cc(C(F)(F)F)cc(C(F)(F)F)c1. The molecule has 1 unspecified atom stereocenters. The molecule has 0 saturated carbocycles. The lowest BCUT2D eigenvalue weighted by Crippen LogP contribution is -2.35. The van der Waals surface area contributed by atoms with Crippen molar-refractivity contribution in [1.29, 1.82) is 0 Å². The molecule has 1 aromatic carbocycles. The van der Waals surface area contributed by atoms with E-state index in [0.29, 0.717) is 12.1 Å². The van der Waals surface area contributed by atoms with Crippen LogP contribution in [0.2, 0.25) is 0 Å². The molecule has 134 valence electrons. The lowest BCUT2D eigenvalue weighted by atomic mass is 10.0. The van der Waals surface area contributed by atoms with E-state index < -0.39 is 56.6 Å². The molecule has 0 bridgehead atoms. The Morgan fingerprint density at radius 2 is 1.50 bits per heavy atom. The van der Waals surface area contributed by atoms with Crippen LogP contribution >= 0.6 is 0 Å². The van der Waals surface area contributed by atoms with Crippen molar-refractivity contribution in [2.24, 2.45) is 0 Å². The Morgan fingerprint density at radius 3 is 1.88 bits per heavy atom. The predicted molar refractivity (Wildman–Crippen MR) is 71.0 cm³/mol. The van der Waals surface area contributed by atoms with Crippen molar-refractivity contribution >= 4 is 15.7 Å². The molecule has 1 saturated heterocycles. The highest BCUT2D eigenvalue weighted by atomic mass is 32.2. The highest BCUT2D eigenvalue weighted by Gasteiger charge is 2.38. The van der Waals surface area contributed by atoms with E-state index in [9.17, 15) is 39.6 Å².